The van der Waals surface area contributed by atoms with Crippen molar-refractivity contribution in [3.8, 4) is 0 Å². The zero-order valence-corrected chi connectivity index (χ0v) is 11.4. The fourth-order valence-electron chi connectivity index (χ4n) is 1.17. The highest BCUT2D eigenvalue weighted by molar-refractivity contribution is 9.10. The van der Waals surface area contributed by atoms with Crippen LogP contribution >= 0.6 is 27.7 Å². The highest BCUT2D eigenvalue weighted by Crippen LogP contribution is 2.15. The van der Waals surface area contributed by atoms with E-state index in [9.17, 15) is 4.79 Å². The van der Waals surface area contributed by atoms with Crippen LogP contribution in [0.5, 0.6) is 0 Å². The molecule has 3 heteroatoms. The third-order valence-electron chi connectivity index (χ3n) is 1.95. The number of carbonyl (C=O) groups excluding carboxylic acids is 1. The molecule has 0 heterocycles. The molecule has 0 N–H and O–H groups in total. The zero-order valence-electron chi connectivity index (χ0n) is 9.00. The van der Waals surface area contributed by atoms with Gasteiger partial charge in [0.2, 0.25) is 0 Å². The van der Waals surface area contributed by atoms with Crippen LogP contribution in [0, 0.1) is 0 Å². The monoisotopic (exact) mass is 286 g/mol. The van der Waals surface area contributed by atoms with E-state index in [0.29, 0.717) is 11.7 Å². The van der Waals surface area contributed by atoms with Gasteiger partial charge in [0.05, 0.1) is 0 Å². The van der Waals surface area contributed by atoms with Crippen molar-refractivity contribution in [3.63, 3.8) is 0 Å². The second-order valence-corrected chi connectivity index (χ2v) is 6.20. The van der Waals surface area contributed by atoms with Gasteiger partial charge in [-0.15, -0.1) is 0 Å². The lowest BCUT2D eigenvalue weighted by atomic mass is 10.1. The van der Waals surface area contributed by atoms with Crippen molar-refractivity contribution in [2.24, 2.45) is 0 Å². The van der Waals surface area contributed by atoms with Crippen molar-refractivity contribution < 1.29 is 4.79 Å². The number of halogens is 1. The van der Waals surface area contributed by atoms with Crippen molar-refractivity contribution in [1.29, 1.82) is 0 Å². The van der Waals surface area contributed by atoms with Crippen LogP contribution in [0.1, 0.15) is 30.6 Å². The number of carbonyl (C=O) groups is 1. The second-order valence-electron chi connectivity index (χ2n) is 3.60. The summed E-state index contributed by atoms with van der Waals surface area (Å²) in [6.45, 7) is 4.30. The van der Waals surface area contributed by atoms with Crippen molar-refractivity contribution in [2.45, 2.75) is 25.5 Å². The smallest absolute Gasteiger partial charge is 0.163 e. The molecule has 15 heavy (non-hydrogen) atoms. The van der Waals surface area contributed by atoms with Crippen molar-refractivity contribution in [3.05, 3.63) is 34.3 Å². The van der Waals surface area contributed by atoms with E-state index in [1.165, 1.54) is 0 Å². The molecule has 0 aliphatic carbocycles. The highest BCUT2D eigenvalue weighted by Gasteiger charge is 2.05. The minimum Gasteiger partial charge on any atom is -0.294 e. The van der Waals surface area contributed by atoms with Gasteiger partial charge in [0.25, 0.3) is 0 Å². The van der Waals surface area contributed by atoms with Crippen LogP contribution in [0.15, 0.2) is 28.7 Å². The van der Waals surface area contributed by atoms with Gasteiger partial charge >= 0.3 is 0 Å². The number of hydrogen-bond acceptors (Lipinski definition) is 2. The fraction of sp³-hybridized carbons (Fsp3) is 0.417. The van der Waals surface area contributed by atoms with Crippen LogP contribution in [0.4, 0.5) is 0 Å². The molecule has 0 unspecified atom stereocenters. The first kappa shape index (κ1) is 12.8. The summed E-state index contributed by atoms with van der Waals surface area (Å²) >= 11 is 5.18. The zero-order chi connectivity index (χ0) is 11.3. The number of ketones is 1. The molecule has 0 bridgehead atoms. The Kier molecular flexibility index (Phi) is 5.40. The maximum Gasteiger partial charge on any atom is 0.163 e. The van der Waals surface area contributed by atoms with Gasteiger partial charge in [-0.3, -0.25) is 4.79 Å². The first-order valence-corrected chi connectivity index (χ1v) is 6.84. The lowest BCUT2D eigenvalue weighted by Gasteiger charge is -2.04. The van der Waals surface area contributed by atoms with Crippen molar-refractivity contribution in [1.82, 2.24) is 0 Å². The summed E-state index contributed by atoms with van der Waals surface area (Å²) in [5.41, 5.74) is 0.808. The fourth-order valence-corrected chi connectivity index (χ4v) is 2.21. The first-order chi connectivity index (χ1) is 7.09. The third kappa shape index (κ3) is 4.85. The number of Topliss-reactive ketones (excluding diaryl/α,β-unsaturated/α-hetero) is 1. The van der Waals surface area contributed by atoms with E-state index in [1.807, 2.05) is 36.0 Å². The summed E-state index contributed by atoms with van der Waals surface area (Å²) in [5.74, 6) is 1.14. The Morgan fingerprint density at radius 3 is 2.47 bits per heavy atom. The molecule has 0 spiro atoms. The molecule has 1 aromatic carbocycles. The minimum atomic E-state index is 0.232. The number of rotatable bonds is 5. The average molecular weight is 287 g/mol. The number of hydrogen-bond donors (Lipinski definition) is 0. The maximum absolute atomic E-state index is 11.7. The van der Waals surface area contributed by atoms with Crippen LogP contribution in [0.3, 0.4) is 0 Å². The molecule has 0 saturated heterocycles. The Hall–Kier alpha value is -0.280. The molecule has 0 atom stereocenters. The first-order valence-electron chi connectivity index (χ1n) is 5.00. The molecule has 0 aromatic heterocycles. The van der Waals surface area contributed by atoms with E-state index in [0.717, 1.165) is 15.8 Å². The third-order valence-corrected chi connectivity index (χ3v) is 3.58. The molecule has 0 fully saturated rings. The van der Waals surface area contributed by atoms with E-state index in [2.05, 4.69) is 29.8 Å². The van der Waals surface area contributed by atoms with Gasteiger partial charge in [-0.1, -0.05) is 41.9 Å². The van der Waals surface area contributed by atoms with E-state index in [-0.39, 0.29) is 5.78 Å². The molecule has 1 aromatic rings. The maximum atomic E-state index is 11.7. The molecule has 0 radical (unpaired) electrons. The Morgan fingerprint density at radius 1 is 1.33 bits per heavy atom. The average Bonchev–Trinajstić information content (AvgIpc) is 2.18. The topological polar surface area (TPSA) is 17.1 Å². The summed E-state index contributed by atoms with van der Waals surface area (Å²) in [6, 6.07) is 7.55. The van der Waals surface area contributed by atoms with Crippen LogP contribution in [0.25, 0.3) is 0 Å². The Labute approximate surface area is 104 Å². The summed E-state index contributed by atoms with van der Waals surface area (Å²) in [5, 5.41) is 0.600. The molecule has 0 aliphatic rings. The van der Waals surface area contributed by atoms with E-state index >= 15 is 0 Å². The van der Waals surface area contributed by atoms with Gasteiger partial charge in [0.15, 0.2) is 5.78 Å². The van der Waals surface area contributed by atoms with Gasteiger partial charge in [-0.05, 0) is 17.4 Å². The van der Waals surface area contributed by atoms with Gasteiger partial charge < -0.3 is 0 Å². The van der Waals surface area contributed by atoms with Crippen molar-refractivity contribution >= 4 is 33.5 Å². The SMILES string of the molecule is CC(C)SCCC(=O)c1ccc(Br)cc1. The molecular weight excluding hydrogens is 272 g/mol. The summed E-state index contributed by atoms with van der Waals surface area (Å²) in [6.07, 6.45) is 0.629. The molecule has 0 aliphatic heterocycles. The molecular formula is C12H15BrOS. The predicted molar refractivity (Wildman–Crippen MR) is 70.7 cm³/mol. The normalized spacial score (nSPS) is 10.7. The highest BCUT2D eigenvalue weighted by atomic mass is 79.9. The minimum absolute atomic E-state index is 0.232. The van der Waals surface area contributed by atoms with Crippen LogP contribution < -0.4 is 0 Å². The second kappa shape index (κ2) is 6.33. The van der Waals surface area contributed by atoms with E-state index in [4.69, 9.17) is 0 Å². The van der Waals surface area contributed by atoms with Gasteiger partial charge in [0.1, 0.15) is 0 Å². The van der Waals surface area contributed by atoms with Crippen LogP contribution in [-0.4, -0.2) is 16.8 Å². The lowest BCUT2D eigenvalue weighted by molar-refractivity contribution is 0.0989. The Morgan fingerprint density at radius 2 is 1.93 bits per heavy atom. The molecule has 1 nitrogen and oxygen atoms in total. The van der Waals surface area contributed by atoms with Gasteiger partial charge in [-0.2, -0.15) is 11.8 Å². The van der Waals surface area contributed by atoms with E-state index in [1.54, 1.807) is 0 Å². The molecule has 82 valence electrons. The van der Waals surface area contributed by atoms with Gasteiger partial charge in [0, 0.05) is 22.2 Å². The Bertz CT molecular complexity index is 319. The number of benzene rings is 1. The predicted octanol–water partition coefficient (Wildman–Crippen LogP) is 4.16. The van der Waals surface area contributed by atoms with E-state index < -0.39 is 0 Å². The van der Waals surface area contributed by atoms with Crippen molar-refractivity contribution in [2.75, 3.05) is 5.75 Å². The largest absolute Gasteiger partial charge is 0.294 e. The summed E-state index contributed by atoms with van der Waals surface area (Å²) < 4.78 is 1.01. The molecule has 0 amide bonds. The van der Waals surface area contributed by atoms with Gasteiger partial charge in [-0.25, -0.2) is 0 Å². The quantitative estimate of drug-likeness (QED) is 0.756. The molecule has 1 rings (SSSR count). The standard InChI is InChI=1S/C12H15BrOS/c1-9(2)15-8-7-12(14)10-3-5-11(13)6-4-10/h3-6,9H,7-8H2,1-2H3. The Balaban J connectivity index is 2.43. The van der Waals surface area contributed by atoms with Crippen LogP contribution in [-0.2, 0) is 0 Å². The number of thioether (sulfide) groups is 1. The molecule has 0 saturated carbocycles. The summed E-state index contributed by atoms with van der Waals surface area (Å²) in [7, 11) is 0. The lowest BCUT2D eigenvalue weighted by Crippen LogP contribution is -2.01. The van der Waals surface area contributed by atoms with Crippen LogP contribution in [0.2, 0.25) is 0 Å². The summed E-state index contributed by atoms with van der Waals surface area (Å²) in [4.78, 5) is 11.7.